The van der Waals surface area contributed by atoms with Crippen LogP contribution in [0.3, 0.4) is 0 Å². The second-order valence-electron chi connectivity index (χ2n) is 13.5. The molecule has 4 aromatic heterocycles. The van der Waals surface area contributed by atoms with Gasteiger partial charge < -0.3 is 19.5 Å². The quantitative estimate of drug-likeness (QED) is 0.144. The van der Waals surface area contributed by atoms with Gasteiger partial charge in [-0.25, -0.2) is 32.5 Å². The third-order valence-corrected chi connectivity index (χ3v) is 9.86. The first-order chi connectivity index (χ1) is 26.5. The predicted octanol–water partition coefficient (Wildman–Crippen LogP) is 6.78. The molecule has 2 aliphatic rings. The number of halogens is 3. The van der Waals surface area contributed by atoms with Crippen molar-refractivity contribution < 1.29 is 27.4 Å². The van der Waals surface area contributed by atoms with Crippen LogP contribution in [0.15, 0.2) is 86.0 Å². The molecule has 0 unspecified atom stereocenters. The summed E-state index contributed by atoms with van der Waals surface area (Å²) in [5, 5.41) is 11.9. The Hall–Kier alpha value is -5.83. The first kappa shape index (κ1) is 35.2. The zero-order valence-electron chi connectivity index (χ0n) is 29.3. The number of ether oxygens (including phenoxy) is 3. The lowest BCUT2D eigenvalue weighted by Gasteiger charge is -2.28. The number of aromatic nitrogens is 8. The summed E-state index contributed by atoms with van der Waals surface area (Å²) >= 11 is 0. The first-order valence-corrected chi connectivity index (χ1v) is 18.1. The molecular weight excluding hydrogens is 699 g/mol. The summed E-state index contributed by atoms with van der Waals surface area (Å²) in [6, 6.07) is 10.3. The molecule has 15 heteroatoms. The molecule has 2 fully saturated rings. The summed E-state index contributed by atoms with van der Waals surface area (Å²) in [7, 11) is 0. The average molecular weight is 738 g/mol. The number of para-hydroxylation sites is 2. The molecule has 0 radical (unpaired) electrons. The van der Waals surface area contributed by atoms with Crippen LogP contribution in [0.5, 0.6) is 17.5 Å². The van der Waals surface area contributed by atoms with Crippen LogP contribution in [-0.2, 0) is 0 Å². The summed E-state index contributed by atoms with van der Waals surface area (Å²) in [6.07, 6.45) is 16.1. The van der Waals surface area contributed by atoms with Crippen molar-refractivity contribution in [3.63, 3.8) is 0 Å². The van der Waals surface area contributed by atoms with Gasteiger partial charge in [-0.2, -0.15) is 20.2 Å². The number of hydrogen-bond donors (Lipinski definition) is 1. The SMILES string of the molecule is Fc1ccccc1-n1cc(-c2ncncc2OCC2CCC(Oc3ncc(OCC4CCNCC4)c(-c4cnn(-c5c(F)cccc5F)c4)n3)CC2)cn1. The van der Waals surface area contributed by atoms with Crippen LogP contribution in [0.1, 0.15) is 38.5 Å². The Morgan fingerprint density at radius 2 is 1.31 bits per heavy atom. The van der Waals surface area contributed by atoms with E-state index < -0.39 is 11.6 Å². The van der Waals surface area contributed by atoms with Crippen LogP contribution < -0.4 is 19.5 Å². The lowest BCUT2D eigenvalue weighted by atomic mass is 9.88. The van der Waals surface area contributed by atoms with E-state index in [1.54, 1.807) is 43.0 Å². The van der Waals surface area contributed by atoms with E-state index in [1.165, 1.54) is 47.7 Å². The molecule has 0 amide bonds. The van der Waals surface area contributed by atoms with E-state index in [-0.39, 0.29) is 29.5 Å². The standard InChI is InChI=1S/C39H38F3N9O3/c40-30-4-1-2-7-33(30)50-20-27(16-47-50)36-34(18-44-24-46-36)52-22-25-8-10-29(11-9-25)54-39-45-19-35(53-23-26-12-14-43-15-13-26)37(49-39)28-17-48-51(21-28)38-31(41)5-3-6-32(38)42/h1-7,16-21,24-26,29,43H,8-15,22-23H2. The maximum atomic E-state index is 14.6. The number of nitrogens with zero attached hydrogens (tertiary/aromatic N) is 8. The second-order valence-corrected chi connectivity index (χ2v) is 13.5. The molecule has 1 saturated carbocycles. The molecule has 2 aromatic carbocycles. The van der Waals surface area contributed by atoms with Gasteiger partial charge in [-0.3, -0.25) is 0 Å². The molecule has 12 nitrogen and oxygen atoms in total. The third kappa shape index (κ3) is 7.90. The highest BCUT2D eigenvalue weighted by atomic mass is 19.1. The van der Waals surface area contributed by atoms with Crippen LogP contribution in [0, 0.1) is 29.3 Å². The van der Waals surface area contributed by atoms with Gasteiger partial charge in [-0.1, -0.05) is 18.2 Å². The highest BCUT2D eigenvalue weighted by Gasteiger charge is 2.26. The average Bonchev–Trinajstić information content (AvgIpc) is 3.89. The monoisotopic (exact) mass is 737 g/mol. The smallest absolute Gasteiger partial charge is 0.317 e. The molecule has 6 aromatic rings. The lowest BCUT2D eigenvalue weighted by Crippen LogP contribution is -2.30. The van der Waals surface area contributed by atoms with E-state index >= 15 is 0 Å². The Labute approximate surface area is 309 Å². The summed E-state index contributed by atoms with van der Waals surface area (Å²) < 4.78 is 65.0. The van der Waals surface area contributed by atoms with E-state index in [2.05, 4.69) is 30.5 Å². The van der Waals surface area contributed by atoms with E-state index in [0.717, 1.165) is 56.3 Å². The summed E-state index contributed by atoms with van der Waals surface area (Å²) in [6.45, 7) is 2.83. The molecule has 278 valence electrons. The van der Waals surface area contributed by atoms with Crippen LogP contribution in [-0.4, -0.2) is 71.9 Å². The van der Waals surface area contributed by atoms with Crippen LogP contribution >= 0.6 is 0 Å². The number of hydrogen-bond acceptors (Lipinski definition) is 10. The molecule has 1 aliphatic heterocycles. The molecule has 0 spiro atoms. The topological polar surface area (TPSA) is 127 Å². The van der Waals surface area contributed by atoms with Crippen molar-refractivity contribution in [3.05, 3.63) is 103 Å². The van der Waals surface area contributed by atoms with E-state index in [1.807, 2.05) is 0 Å². The van der Waals surface area contributed by atoms with Crippen molar-refractivity contribution in [1.82, 2.24) is 44.8 Å². The van der Waals surface area contributed by atoms with E-state index in [0.29, 0.717) is 58.8 Å². The van der Waals surface area contributed by atoms with Gasteiger partial charge in [-0.05, 0) is 87.7 Å². The Kier molecular flexibility index (Phi) is 10.5. The minimum absolute atomic E-state index is 0.120. The maximum absolute atomic E-state index is 14.6. The van der Waals surface area contributed by atoms with Crippen LogP contribution in [0.25, 0.3) is 33.9 Å². The Morgan fingerprint density at radius 3 is 2.07 bits per heavy atom. The Balaban J connectivity index is 0.919. The molecule has 1 saturated heterocycles. The van der Waals surface area contributed by atoms with E-state index in [9.17, 15) is 13.2 Å². The van der Waals surface area contributed by atoms with Gasteiger partial charge in [0.2, 0.25) is 0 Å². The first-order valence-electron chi connectivity index (χ1n) is 18.1. The number of benzene rings is 2. The van der Waals surface area contributed by atoms with Crippen molar-refractivity contribution in [1.29, 1.82) is 0 Å². The zero-order chi connectivity index (χ0) is 36.9. The fraction of sp³-hybridized carbons (Fsp3) is 0.333. The van der Waals surface area contributed by atoms with Gasteiger partial charge in [0, 0.05) is 23.5 Å². The highest BCUT2D eigenvalue weighted by molar-refractivity contribution is 5.66. The van der Waals surface area contributed by atoms with Crippen molar-refractivity contribution in [2.75, 3.05) is 26.3 Å². The molecule has 54 heavy (non-hydrogen) atoms. The molecular formula is C39H38F3N9O3. The number of rotatable bonds is 12. The minimum Gasteiger partial charge on any atom is -0.489 e. The van der Waals surface area contributed by atoms with Gasteiger partial charge in [0.25, 0.3) is 0 Å². The van der Waals surface area contributed by atoms with Gasteiger partial charge >= 0.3 is 6.01 Å². The van der Waals surface area contributed by atoms with Gasteiger partial charge in [0.15, 0.2) is 23.1 Å². The largest absolute Gasteiger partial charge is 0.489 e. The Morgan fingerprint density at radius 1 is 0.667 bits per heavy atom. The minimum atomic E-state index is -0.731. The maximum Gasteiger partial charge on any atom is 0.317 e. The summed E-state index contributed by atoms with van der Waals surface area (Å²) in [5.74, 6) is -0.219. The fourth-order valence-corrected chi connectivity index (χ4v) is 6.88. The van der Waals surface area contributed by atoms with Crippen LogP contribution in [0.4, 0.5) is 13.2 Å². The lowest BCUT2D eigenvalue weighted by molar-refractivity contribution is 0.101. The number of nitrogens with one attached hydrogen (secondary N) is 1. The van der Waals surface area contributed by atoms with Crippen molar-refractivity contribution >= 4 is 0 Å². The van der Waals surface area contributed by atoms with Gasteiger partial charge in [0.1, 0.15) is 41.0 Å². The van der Waals surface area contributed by atoms with Crippen LogP contribution in [0.2, 0.25) is 0 Å². The van der Waals surface area contributed by atoms with Gasteiger partial charge in [-0.15, -0.1) is 0 Å². The molecule has 1 aliphatic carbocycles. The second kappa shape index (κ2) is 16.0. The van der Waals surface area contributed by atoms with E-state index in [4.69, 9.17) is 19.2 Å². The molecule has 0 bridgehead atoms. The van der Waals surface area contributed by atoms with Crippen molar-refractivity contribution in [2.24, 2.45) is 11.8 Å². The third-order valence-electron chi connectivity index (χ3n) is 9.86. The summed E-state index contributed by atoms with van der Waals surface area (Å²) in [4.78, 5) is 17.8. The zero-order valence-corrected chi connectivity index (χ0v) is 29.3. The molecule has 5 heterocycles. The number of piperidine rings is 1. The fourth-order valence-electron chi connectivity index (χ4n) is 6.88. The molecule has 8 rings (SSSR count). The van der Waals surface area contributed by atoms with Crippen molar-refractivity contribution in [2.45, 2.75) is 44.6 Å². The Bertz CT molecular complexity index is 2180. The van der Waals surface area contributed by atoms with Gasteiger partial charge in [0.05, 0.1) is 38.0 Å². The predicted molar refractivity (Wildman–Crippen MR) is 192 cm³/mol. The molecule has 1 N–H and O–H groups in total. The highest BCUT2D eigenvalue weighted by Crippen LogP contribution is 2.34. The molecule has 0 atom stereocenters. The summed E-state index contributed by atoms with van der Waals surface area (Å²) in [5.41, 5.74) is 2.26. The normalized spacial score (nSPS) is 17.7. The van der Waals surface area contributed by atoms with Crippen molar-refractivity contribution in [3.8, 4) is 51.4 Å².